The van der Waals surface area contributed by atoms with Crippen molar-refractivity contribution < 1.29 is 9.59 Å². The van der Waals surface area contributed by atoms with Crippen LogP contribution in [0.5, 0.6) is 0 Å². The Bertz CT molecular complexity index is 800. The molecule has 1 fully saturated rings. The van der Waals surface area contributed by atoms with Crippen LogP contribution < -0.4 is 5.32 Å². The van der Waals surface area contributed by atoms with E-state index in [1.54, 1.807) is 27.6 Å². The van der Waals surface area contributed by atoms with Crippen molar-refractivity contribution in [3.8, 4) is 0 Å². The summed E-state index contributed by atoms with van der Waals surface area (Å²) in [4.78, 5) is 34.1. The number of aryl methyl sites for hydroxylation is 1. The monoisotopic (exact) mass is 389 g/mol. The van der Waals surface area contributed by atoms with Crippen LogP contribution in [0.15, 0.2) is 17.5 Å². The number of hydrogen-bond donors (Lipinski definition) is 1. The van der Waals surface area contributed by atoms with Gasteiger partial charge >= 0.3 is 0 Å². The highest BCUT2D eigenvalue weighted by Gasteiger charge is 2.34. The third-order valence-corrected chi connectivity index (χ3v) is 7.11. The van der Waals surface area contributed by atoms with Crippen LogP contribution in [0, 0.1) is 5.92 Å². The van der Waals surface area contributed by atoms with Crippen LogP contribution in [0.3, 0.4) is 0 Å². The van der Waals surface area contributed by atoms with E-state index in [1.165, 1.54) is 4.88 Å². The number of likely N-dealkylation sites (tertiary alicyclic amines) is 1. The van der Waals surface area contributed by atoms with Gasteiger partial charge in [0.1, 0.15) is 6.04 Å². The summed E-state index contributed by atoms with van der Waals surface area (Å²) >= 11 is 3.18. The van der Waals surface area contributed by atoms with Gasteiger partial charge in [-0.25, -0.2) is 4.98 Å². The zero-order valence-corrected chi connectivity index (χ0v) is 16.5. The molecule has 2 aromatic heterocycles. The number of rotatable bonds is 4. The first-order valence-electron chi connectivity index (χ1n) is 9.21. The van der Waals surface area contributed by atoms with E-state index < -0.39 is 0 Å². The molecule has 1 aliphatic heterocycles. The molecule has 5 nitrogen and oxygen atoms in total. The van der Waals surface area contributed by atoms with Crippen molar-refractivity contribution in [1.29, 1.82) is 0 Å². The van der Waals surface area contributed by atoms with Crippen LogP contribution in [0.4, 0.5) is 5.13 Å². The molecule has 0 spiro atoms. The molecule has 2 atom stereocenters. The highest BCUT2D eigenvalue weighted by Crippen LogP contribution is 2.32. The Hall–Kier alpha value is -1.73. The maximum absolute atomic E-state index is 12.8. The summed E-state index contributed by atoms with van der Waals surface area (Å²) in [6, 6.07) is 3.55. The number of nitrogens with one attached hydrogen (secondary N) is 1. The van der Waals surface area contributed by atoms with Gasteiger partial charge in [-0.05, 0) is 49.5 Å². The van der Waals surface area contributed by atoms with Crippen LogP contribution >= 0.6 is 22.7 Å². The van der Waals surface area contributed by atoms with E-state index in [0.29, 0.717) is 24.0 Å². The lowest BCUT2D eigenvalue weighted by atomic mass is 9.93. The second kappa shape index (κ2) is 7.48. The fourth-order valence-corrected chi connectivity index (χ4v) is 5.65. The number of amides is 2. The first kappa shape index (κ1) is 17.7. The summed E-state index contributed by atoms with van der Waals surface area (Å²) in [7, 11) is 0. The second-order valence-electron chi connectivity index (χ2n) is 7.23. The topological polar surface area (TPSA) is 62.3 Å². The molecule has 138 valence electrons. The fraction of sp³-hybridized carbons (Fsp3) is 0.526. The smallest absolute Gasteiger partial charge is 0.248 e. The molecule has 1 N–H and O–H groups in total. The van der Waals surface area contributed by atoms with E-state index in [0.717, 1.165) is 42.7 Å². The van der Waals surface area contributed by atoms with Gasteiger partial charge in [0.25, 0.3) is 0 Å². The predicted octanol–water partition coefficient (Wildman–Crippen LogP) is 3.50. The van der Waals surface area contributed by atoms with E-state index in [2.05, 4.69) is 17.2 Å². The largest absolute Gasteiger partial charge is 0.330 e. The average Bonchev–Trinajstić information content (AvgIpc) is 3.34. The normalized spacial score (nSPS) is 22.3. The number of hydrogen-bond acceptors (Lipinski definition) is 5. The molecule has 0 bridgehead atoms. The maximum Gasteiger partial charge on any atom is 0.248 e. The lowest BCUT2D eigenvalue weighted by Gasteiger charge is -2.23. The molecule has 3 heterocycles. The van der Waals surface area contributed by atoms with E-state index in [9.17, 15) is 9.59 Å². The first-order valence-corrected chi connectivity index (χ1v) is 10.9. The Labute approximate surface area is 161 Å². The van der Waals surface area contributed by atoms with Crippen molar-refractivity contribution in [3.05, 3.63) is 33.0 Å². The van der Waals surface area contributed by atoms with Crippen LogP contribution in [-0.4, -0.2) is 34.3 Å². The highest BCUT2D eigenvalue weighted by molar-refractivity contribution is 7.15. The highest BCUT2D eigenvalue weighted by atomic mass is 32.1. The maximum atomic E-state index is 12.8. The molecule has 26 heavy (non-hydrogen) atoms. The van der Waals surface area contributed by atoms with Gasteiger partial charge in [0, 0.05) is 16.3 Å². The summed E-state index contributed by atoms with van der Waals surface area (Å²) < 4.78 is 0. The molecule has 1 saturated heterocycles. The summed E-state index contributed by atoms with van der Waals surface area (Å²) in [5, 5.41) is 5.64. The van der Waals surface area contributed by atoms with E-state index in [-0.39, 0.29) is 17.9 Å². The minimum absolute atomic E-state index is 0.0392. The third-order valence-electron chi connectivity index (χ3n) is 5.20. The molecule has 2 aromatic rings. The van der Waals surface area contributed by atoms with E-state index >= 15 is 0 Å². The van der Waals surface area contributed by atoms with Crippen LogP contribution in [0.25, 0.3) is 0 Å². The first-order chi connectivity index (χ1) is 12.6. The van der Waals surface area contributed by atoms with Crippen molar-refractivity contribution in [1.82, 2.24) is 9.88 Å². The number of nitrogens with zero attached hydrogens (tertiary/aromatic N) is 2. The number of thiazole rings is 1. The van der Waals surface area contributed by atoms with Crippen LogP contribution in [-0.2, 0) is 28.9 Å². The van der Waals surface area contributed by atoms with Gasteiger partial charge in [0.05, 0.1) is 12.1 Å². The van der Waals surface area contributed by atoms with Gasteiger partial charge < -0.3 is 10.2 Å². The summed E-state index contributed by atoms with van der Waals surface area (Å²) in [6.45, 7) is 2.92. The van der Waals surface area contributed by atoms with Gasteiger partial charge in [-0.2, -0.15) is 0 Å². The SMILES string of the molecule is C[C@H]1CCc2nc(NC(=O)[C@H]3CCCN3C(=O)Cc3cccs3)sc2C1. The molecule has 4 rings (SSSR count). The molecular weight excluding hydrogens is 366 g/mol. The number of fused-ring (bicyclic) bond motifs is 1. The van der Waals surface area contributed by atoms with E-state index in [4.69, 9.17) is 0 Å². The molecule has 0 aromatic carbocycles. The minimum atomic E-state index is -0.373. The Morgan fingerprint density at radius 2 is 2.27 bits per heavy atom. The molecule has 7 heteroatoms. The summed E-state index contributed by atoms with van der Waals surface area (Å²) in [5.41, 5.74) is 1.14. The molecule has 1 aliphatic carbocycles. The predicted molar refractivity (Wildman–Crippen MR) is 105 cm³/mol. The quantitative estimate of drug-likeness (QED) is 0.870. The average molecular weight is 390 g/mol. The lowest BCUT2D eigenvalue weighted by Crippen LogP contribution is -2.43. The Kier molecular flexibility index (Phi) is 5.09. The standard InChI is InChI=1S/C19H23N3O2S2/c1-12-6-7-14-16(10-12)26-19(20-14)21-18(24)15-5-2-8-22(15)17(23)11-13-4-3-9-25-13/h3-4,9,12,15H,2,5-8,10-11H2,1H3,(H,20,21,24)/t12-,15+/m0/s1. The van der Waals surface area contributed by atoms with Gasteiger partial charge in [-0.1, -0.05) is 13.0 Å². The van der Waals surface area contributed by atoms with Crippen molar-refractivity contribution in [2.75, 3.05) is 11.9 Å². The Balaban J connectivity index is 1.41. The van der Waals surface area contributed by atoms with E-state index in [1.807, 2.05) is 17.5 Å². The third kappa shape index (κ3) is 3.69. The van der Waals surface area contributed by atoms with Crippen molar-refractivity contribution in [3.63, 3.8) is 0 Å². The molecule has 0 unspecified atom stereocenters. The van der Waals surface area contributed by atoms with Crippen molar-refractivity contribution >= 4 is 39.6 Å². The van der Waals surface area contributed by atoms with Gasteiger partial charge in [-0.15, -0.1) is 22.7 Å². The molecule has 0 radical (unpaired) electrons. The minimum Gasteiger partial charge on any atom is -0.330 e. The Morgan fingerprint density at radius 3 is 3.08 bits per heavy atom. The summed E-state index contributed by atoms with van der Waals surface area (Å²) in [6.07, 6.45) is 5.20. The zero-order valence-electron chi connectivity index (χ0n) is 14.9. The molecule has 0 saturated carbocycles. The fourth-order valence-electron chi connectivity index (χ4n) is 3.78. The number of carbonyl (C=O) groups excluding carboxylic acids is 2. The number of carbonyl (C=O) groups is 2. The number of anilines is 1. The summed E-state index contributed by atoms with van der Waals surface area (Å²) in [5.74, 6) is 0.630. The van der Waals surface area contributed by atoms with Crippen molar-refractivity contribution in [2.24, 2.45) is 5.92 Å². The molecule has 2 amide bonds. The number of thiophene rings is 1. The molecular formula is C19H23N3O2S2. The lowest BCUT2D eigenvalue weighted by molar-refractivity contribution is -0.136. The van der Waals surface area contributed by atoms with Gasteiger partial charge in [0.2, 0.25) is 11.8 Å². The molecule has 2 aliphatic rings. The van der Waals surface area contributed by atoms with Crippen LogP contribution in [0.1, 0.15) is 41.6 Å². The zero-order chi connectivity index (χ0) is 18.1. The second-order valence-corrected chi connectivity index (χ2v) is 9.34. The van der Waals surface area contributed by atoms with Crippen molar-refractivity contribution in [2.45, 2.75) is 51.5 Å². The van der Waals surface area contributed by atoms with Gasteiger partial charge in [-0.3, -0.25) is 9.59 Å². The van der Waals surface area contributed by atoms with Crippen LogP contribution in [0.2, 0.25) is 0 Å². The number of aromatic nitrogens is 1. The van der Waals surface area contributed by atoms with Gasteiger partial charge in [0.15, 0.2) is 5.13 Å². The Morgan fingerprint density at radius 1 is 1.38 bits per heavy atom.